The Hall–Kier alpha value is -0.213. The van der Waals surface area contributed by atoms with Gasteiger partial charge in [-0.2, -0.15) is 5.56 Å². The van der Waals surface area contributed by atoms with Gasteiger partial charge in [-0.05, 0) is 31.1 Å². The number of hydrogen-bond acceptors (Lipinski definition) is 0. The first-order chi connectivity index (χ1) is 10.4. The molecule has 2 heteroatoms. The third-order valence-corrected chi connectivity index (χ3v) is 7.93. The van der Waals surface area contributed by atoms with Crippen molar-refractivity contribution >= 4 is 19.2 Å². The van der Waals surface area contributed by atoms with E-state index in [1.165, 1.54) is 24.8 Å². The summed E-state index contributed by atoms with van der Waals surface area (Å²) in [6.07, 6.45) is 11.9. The van der Waals surface area contributed by atoms with Crippen molar-refractivity contribution in [3.05, 3.63) is 60.9 Å². The van der Waals surface area contributed by atoms with Gasteiger partial charge in [0.15, 0.2) is 0 Å². The van der Waals surface area contributed by atoms with Gasteiger partial charge < -0.3 is 14.9 Å². The molecule has 0 atom stereocenters. The molecule has 138 valence electrons. The van der Waals surface area contributed by atoms with E-state index in [-0.39, 0.29) is 54.5 Å². The Balaban J connectivity index is 0.00000192. The molecule has 0 spiro atoms. The van der Waals surface area contributed by atoms with Gasteiger partial charge in [0.25, 0.3) is 0 Å². The summed E-state index contributed by atoms with van der Waals surface area (Å²) in [5.41, 5.74) is 9.83. The van der Waals surface area contributed by atoms with Gasteiger partial charge in [-0.1, -0.05) is 52.0 Å². The van der Waals surface area contributed by atoms with Crippen LogP contribution < -0.4 is 0 Å². The van der Waals surface area contributed by atoms with E-state index < -0.39 is 0 Å². The molecule has 0 saturated carbocycles. The number of hydrogen-bond donors (Lipinski definition) is 0. The van der Waals surface area contributed by atoms with Crippen molar-refractivity contribution in [2.45, 2.75) is 71.9 Å². The molecular weight excluding hydrogens is 483 g/mol. The van der Waals surface area contributed by atoms with E-state index in [0.29, 0.717) is 0 Å². The van der Waals surface area contributed by atoms with Gasteiger partial charge in [-0.15, -0.1) is 40.0 Å². The maximum absolute atomic E-state index is 2.49. The van der Waals surface area contributed by atoms with Crippen LogP contribution in [0.4, 0.5) is 0 Å². The summed E-state index contributed by atoms with van der Waals surface area (Å²) in [7, 11) is -0.355. The smallest absolute Gasteiger partial charge is 0.00229 e. The summed E-state index contributed by atoms with van der Waals surface area (Å²) < 4.78 is 0. The van der Waals surface area contributed by atoms with Crippen molar-refractivity contribution in [2.75, 3.05) is 0 Å². The minimum Gasteiger partial charge on any atom is -0.358 e. The Morgan fingerprint density at radius 3 is 2.24 bits per heavy atom. The van der Waals surface area contributed by atoms with Gasteiger partial charge in [-0.25, -0.2) is 0 Å². The number of rotatable bonds is 1. The summed E-state index contributed by atoms with van der Waals surface area (Å²) >= 11 is 0. The first-order valence-electron chi connectivity index (χ1n) is 8.67. The van der Waals surface area contributed by atoms with Crippen molar-refractivity contribution in [1.29, 1.82) is 0 Å². The Morgan fingerprint density at radius 2 is 1.72 bits per heavy atom. The molecule has 0 unspecified atom stereocenters. The molecular formula is C23H35HfSi-3. The molecule has 0 aliphatic heterocycles. The van der Waals surface area contributed by atoms with Crippen LogP contribution >= 0.6 is 0 Å². The van der Waals surface area contributed by atoms with Crippen molar-refractivity contribution < 1.29 is 25.8 Å². The van der Waals surface area contributed by atoms with Crippen LogP contribution in [0.5, 0.6) is 0 Å². The third kappa shape index (κ3) is 4.05. The van der Waals surface area contributed by atoms with Crippen LogP contribution in [-0.2, 0) is 37.7 Å². The molecule has 1 aromatic carbocycles. The van der Waals surface area contributed by atoms with Gasteiger partial charge in [0.2, 0.25) is 0 Å². The summed E-state index contributed by atoms with van der Waals surface area (Å²) in [6.45, 7) is 14.6. The predicted octanol–water partition coefficient (Wildman–Crippen LogP) is 6.39. The van der Waals surface area contributed by atoms with Crippen LogP contribution in [0.15, 0.2) is 18.2 Å². The molecule has 25 heavy (non-hydrogen) atoms. The van der Waals surface area contributed by atoms with Crippen LogP contribution in [0.1, 0.15) is 60.9 Å². The molecule has 0 N–H and O–H groups in total. The second-order valence-corrected chi connectivity index (χ2v) is 10.4. The van der Waals surface area contributed by atoms with Gasteiger partial charge in [0.05, 0.1) is 0 Å². The predicted molar refractivity (Wildman–Crippen MR) is 115 cm³/mol. The Labute approximate surface area is 177 Å². The van der Waals surface area contributed by atoms with Gasteiger partial charge in [0.1, 0.15) is 0 Å². The molecule has 0 radical (unpaired) electrons. The Morgan fingerprint density at radius 1 is 1.08 bits per heavy atom. The number of fused-ring (bicyclic) bond motifs is 1. The van der Waals surface area contributed by atoms with Crippen LogP contribution in [-0.4, -0.2) is 13.6 Å². The topological polar surface area (TPSA) is 0 Å². The van der Waals surface area contributed by atoms with E-state index in [4.69, 9.17) is 0 Å². The zero-order valence-electron chi connectivity index (χ0n) is 17.6. The van der Waals surface area contributed by atoms with Crippen molar-refractivity contribution in [3.63, 3.8) is 0 Å². The van der Waals surface area contributed by atoms with E-state index >= 15 is 0 Å². The average Bonchev–Trinajstić information content (AvgIpc) is 2.99. The average molecular weight is 518 g/mol. The van der Waals surface area contributed by atoms with Crippen molar-refractivity contribution in [2.24, 2.45) is 0 Å². The van der Waals surface area contributed by atoms with Crippen LogP contribution in [0.3, 0.4) is 0 Å². The van der Waals surface area contributed by atoms with E-state index in [1.54, 1.807) is 27.8 Å². The Kier molecular flexibility index (Phi) is 9.05. The van der Waals surface area contributed by atoms with Crippen molar-refractivity contribution in [3.8, 4) is 0 Å². The number of allylic oxidation sites excluding steroid dienone is 4. The third-order valence-electron chi connectivity index (χ3n) is 5.84. The second kappa shape index (κ2) is 9.13. The minimum atomic E-state index is -0.355. The quantitative estimate of drug-likeness (QED) is 0.230. The molecule has 0 fully saturated rings. The summed E-state index contributed by atoms with van der Waals surface area (Å²) in [6, 6.07) is 0. The fourth-order valence-electron chi connectivity index (χ4n) is 4.90. The first-order valence-corrected chi connectivity index (χ1v) is 11.2. The molecule has 0 heterocycles. The normalized spacial score (nSPS) is 17.5. The van der Waals surface area contributed by atoms with Gasteiger partial charge in [-0.3, -0.25) is 0 Å². The monoisotopic (exact) mass is 519 g/mol. The SMILES string of the molecule is Cc1c2c([c-](C3=CC=CC3)c1C)CCCC(=[Si](C)C)C2(C)C.[CH3-].[CH3-].[Hf]. The molecule has 2 aliphatic rings. The summed E-state index contributed by atoms with van der Waals surface area (Å²) in [5.74, 6) is 0. The molecule has 2 aliphatic carbocycles. The van der Waals surface area contributed by atoms with E-state index in [0.717, 1.165) is 6.42 Å². The zero-order chi connectivity index (χ0) is 16.1. The zero-order valence-corrected chi connectivity index (χ0v) is 22.2. The maximum atomic E-state index is 2.49. The van der Waals surface area contributed by atoms with Gasteiger partial charge >= 0.3 is 0 Å². The molecule has 0 aromatic heterocycles. The summed E-state index contributed by atoms with van der Waals surface area (Å²) in [5, 5.41) is 1.84. The van der Waals surface area contributed by atoms with Gasteiger partial charge in [0, 0.05) is 34.3 Å². The first kappa shape index (κ1) is 24.8. The minimum absolute atomic E-state index is 0. The molecule has 3 rings (SSSR count). The molecule has 0 saturated heterocycles. The molecule has 0 nitrogen and oxygen atoms in total. The van der Waals surface area contributed by atoms with Crippen molar-refractivity contribution in [1.82, 2.24) is 0 Å². The van der Waals surface area contributed by atoms with Crippen LogP contribution in [0.2, 0.25) is 13.1 Å². The standard InChI is InChI=1S/C21H29Si.2CH3.Hf/c1-14-15(2)20-17(19(14)16-10-7-8-11-16)12-9-13-18(22(5)6)21(20,3)4;;;/h7-8,10H,9,11-13H2,1-6H3;2*1H3;/q3*-1;. The molecule has 1 aromatic rings. The summed E-state index contributed by atoms with van der Waals surface area (Å²) in [4.78, 5) is 0. The molecule has 0 bridgehead atoms. The Bertz CT molecular complexity index is 707. The van der Waals surface area contributed by atoms with Crippen LogP contribution in [0.25, 0.3) is 5.57 Å². The fourth-order valence-corrected chi connectivity index (χ4v) is 6.95. The second-order valence-electron chi connectivity index (χ2n) is 7.76. The fraction of sp³-hybridized carbons (Fsp3) is 0.478. The van der Waals surface area contributed by atoms with E-state index in [2.05, 4.69) is 59.0 Å². The molecule has 0 amide bonds. The van der Waals surface area contributed by atoms with E-state index in [9.17, 15) is 0 Å². The van der Waals surface area contributed by atoms with Crippen LogP contribution in [0, 0.1) is 28.7 Å². The van der Waals surface area contributed by atoms with E-state index in [1.807, 2.05) is 5.17 Å². The largest absolute Gasteiger partial charge is 0.358 e. The maximum Gasteiger partial charge on any atom is 0.00229 e.